The molecule has 1 fully saturated rings. The van der Waals surface area contributed by atoms with Crippen LogP contribution in [-0.4, -0.2) is 37.5 Å². The molecular formula is C27H25NO4. The number of ketones is 1. The SMILES string of the molecule is CN(C)C(=O)c1ccc(-c2ccc(CC(=O)C3(c4ccc5c(c4)OCO5)CC3)cc2)cc1. The quantitative estimate of drug-likeness (QED) is 0.576. The fourth-order valence-corrected chi connectivity index (χ4v) is 4.28. The second-order valence-electron chi connectivity index (χ2n) is 8.72. The maximum absolute atomic E-state index is 13.2. The van der Waals surface area contributed by atoms with Gasteiger partial charge in [0.25, 0.3) is 5.91 Å². The van der Waals surface area contributed by atoms with Gasteiger partial charge < -0.3 is 14.4 Å². The van der Waals surface area contributed by atoms with Gasteiger partial charge in [0.2, 0.25) is 6.79 Å². The standard InChI is InChI=1S/C27H25NO4/c1-28(2)26(30)21-9-7-20(8-10-21)19-5-3-18(4-6-19)15-25(29)27(13-14-27)22-11-12-23-24(16-22)32-17-31-23/h3-12,16H,13-15,17H2,1-2H3. The molecule has 0 bridgehead atoms. The summed E-state index contributed by atoms with van der Waals surface area (Å²) in [5, 5.41) is 0. The van der Waals surface area contributed by atoms with Gasteiger partial charge in [-0.25, -0.2) is 0 Å². The number of nitrogens with zero attached hydrogens (tertiary/aromatic N) is 1. The molecule has 0 N–H and O–H groups in total. The highest BCUT2D eigenvalue weighted by atomic mass is 16.7. The first kappa shape index (κ1) is 20.3. The van der Waals surface area contributed by atoms with Gasteiger partial charge >= 0.3 is 0 Å². The molecule has 0 saturated heterocycles. The number of ether oxygens (including phenoxy) is 2. The molecule has 0 atom stereocenters. The van der Waals surface area contributed by atoms with Crippen LogP contribution in [0.3, 0.4) is 0 Å². The summed E-state index contributed by atoms with van der Waals surface area (Å²) in [6.45, 7) is 0.237. The Kier molecular flexibility index (Phi) is 4.97. The van der Waals surface area contributed by atoms with Crippen LogP contribution in [0.1, 0.15) is 34.3 Å². The topological polar surface area (TPSA) is 55.8 Å². The lowest BCUT2D eigenvalue weighted by molar-refractivity contribution is -0.120. The molecular weight excluding hydrogens is 402 g/mol. The molecule has 0 radical (unpaired) electrons. The number of rotatable bonds is 6. The van der Waals surface area contributed by atoms with Gasteiger partial charge in [-0.15, -0.1) is 0 Å². The number of carbonyl (C=O) groups excluding carboxylic acids is 2. The first-order valence-electron chi connectivity index (χ1n) is 10.8. The van der Waals surface area contributed by atoms with E-state index in [1.165, 1.54) is 0 Å². The Morgan fingerprint density at radius 1 is 0.844 bits per heavy atom. The van der Waals surface area contributed by atoms with Crippen LogP contribution in [0.5, 0.6) is 11.5 Å². The van der Waals surface area contributed by atoms with Gasteiger partial charge in [-0.05, 0) is 59.4 Å². The lowest BCUT2D eigenvalue weighted by Gasteiger charge is -2.15. The minimum absolute atomic E-state index is 0.0122. The number of Topliss-reactive ketones (excluding diaryl/α,β-unsaturated/α-hetero) is 1. The van der Waals surface area contributed by atoms with Crippen molar-refractivity contribution in [1.82, 2.24) is 4.90 Å². The number of carbonyl (C=O) groups is 2. The summed E-state index contributed by atoms with van der Waals surface area (Å²) >= 11 is 0. The van der Waals surface area contributed by atoms with E-state index < -0.39 is 5.41 Å². The monoisotopic (exact) mass is 427 g/mol. The largest absolute Gasteiger partial charge is 0.454 e. The van der Waals surface area contributed by atoms with E-state index in [-0.39, 0.29) is 18.5 Å². The number of fused-ring (bicyclic) bond motifs is 1. The van der Waals surface area contributed by atoms with Crippen LogP contribution < -0.4 is 9.47 Å². The third-order valence-electron chi connectivity index (χ3n) is 6.40. The smallest absolute Gasteiger partial charge is 0.253 e. The van der Waals surface area contributed by atoms with Crippen LogP contribution in [0.2, 0.25) is 0 Å². The zero-order valence-corrected chi connectivity index (χ0v) is 18.3. The highest BCUT2D eigenvalue weighted by molar-refractivity contribution is 5.95. The van der Waals surface area contributed by atoms with E-state index in [2.05, 4.69) is 0 Å². The molecule has 1 aliphatic heterocycles. The minimum atomic E-state index is -0.394. The summed E-state index contributed by atoms with van der Waals surface area (Å²) in [6, 6.07) is 21.5. The van der Waals surface area contributed by atoms with Crippen molar-refractivity contribution >= 4 is 11.7 Å². The molecule has 2 aliphatic rings. The van der Waals surface area contributed by atoms with Crippen molar-refractivity contribution in [3.8, 4) is 22.6 Å². The molecule has 0 unspecified atom stereocenters. The molecule has 5 heteroatoms. The maximum atomic E-state index is 13.2. The first-order valence-corrected chi connectivity index (χ1v) is 10.8. The van der Waals surface area contributed by atoms with Crippen LogP contribution in [0, 0.1) is 0 Å². The fraction of sp³-hybridized carbons (Fsp3) is 0.259. The maximum Gasteiger partial charge on any atom is 0.253 e. The Morgan fingerprint density at radius 2 is 1.47 bits per heavy atom. The summed E-state index contributed by atoms with van der Waals surface area (Å²) in [4.78, 5) is 26.8. The molecule has 1 aliphatic carbocycles. The van der Waals surface area contributed by atoms with Crippen molar-refractivity contribution in [2.75, 3.05) is 20.9 Å². The first-order chi connectivity index (χ1) is 15.5. The molecule has 5 nitrogen and oxygen atoms in total. The third-order valence-corrected chi connectivity index (χ3v) is 6.40. The Labute approximate surface area is 187 Å². The Balaban J connectivity index is 1.29. The Bertz CT molecular complexity index is 1180. The molecule has 1 saturated carbocycles. The van der Waals surface area contributed by atoms with Crippen molar-refractivity contribution in [2.24, 2.45) is 0 Å². The molecule has 1 amide bonds. The van der Waals surface area contributed by atoms with Gasteiger partial charge in [0.15, 0.2) is 11.5 Å². The van der Waals surface area contributed by atoms with E-state index in [1.807, 2.05) is 66.7 Å². The normalized spacial score (nSPS) is 15.3. The van der Waals surface area contributed by atoms with Gasteiger partial charge in [0, 0.05) is 26.1 Å². The van der Waals surface area contributed by atoms with Crippen LogP contribution >= 0.6 is 0 Å². The number of amides is 1. The summed E-state index contributed by atoms with van der Waals surface area (Å²) in [5.74, 6) is 1.70. The van der Waals surface area contributed by atoms with E-state index >= 15 is 0 Å². The van der Waals surface area contributed by atoms with Crippen molar-refractivity contribution in [3.63, 3.8) is 0 Å². The Morgan fingerprint density at radius 3 is 2.09 bits per heavy atom. The number of hydrogen-bond acceptors (Lipinski definition) is 4. The van der Waals surface area contributed by atoms with Gasteiger partial charge in [0.05, 0.1) is 5.41 Å². The average molecular weight is 428 g/mol. The third kappa shape index (κ3) is 3.64. The molecule has 3 aromatic carbocycles. The molecule has 32 heavy (non-hydrogen) atoms. The second-order valence-corrected chi connectivity index (χ2v) is 8.72. The van der Waals surface area contributed by atoms with Gasteiger partial charge in [-0.2, -0.15) is 0 Å². The van der Waals surface area contributed by atoms with Gasteiger partial charge in [-0.1, -0.05) is 42.5 Å². The van der Waals surface area contributed by atoms with Gasteiger partial charge in [-0.3, -0.25) is 9.59 Å². The fourth-order valence-electron chi connectivity index (χ4n) is 4.28. The highest BCUT2D eigenvalue weighted by Crippen LogP contribution is 2.51. The predicted octanol–water partition coefficient (Wildman–Crippen LogP) is 4.63. The lowest BCUT2D eigenvalue weighted by Crippen LogP contribution is -2.22. The summed E-state index contributed by atoms with van der Waals surface area (Å²) < 4.78 is 10.9. The number of hydrogen-bond donors (Lipinski definition) is 0. The minimum Gasteiger partial charge on any atom is -0.454 e. The second kappa shape index (κ2) is 7.83. The summed E-state index contributed by atoms with van der Waals surface area (Å²) in [5.41, 5.74) is 4.40. The van der Waals surface area contributed by atoms with Gasteiger partial charge in [0.1, 0.15) is 5.78 Å². The molecule has 0 aromatic heterocycles. The van der Waals surface area contributed by atoms with Crippen molar-refractivity contribution in [2.45, 2.75) is 24.7 Å². The average Bonchev–Trinajstić information content (AvgIpc) is 3.50. The zero-order valence-electron chi connectivity index (χ0n) is 18.3. The molecule has 0 spiro atoms. The van der Waals surface area contributed by atoms with Crippen LogP contribution in [0.25, 0.3) is 11.1 Å². The van der Waals surface area contributed by atoms with Crippen LogP contribution in [-0.2, 0) is 16.6 Å². The van der Waals surface area contributed by atoms with E-state index in [0.717, 1.165) is 46.6 Å². The molecule has 162 valence electrons. The van der Waals surface area contributed by atoms with Crippen molar-refractivity contribution in [1.29, 1.82) is 0 Å². The predicted molar refractivity (Wildman–Crippen MR) is 122 cm³/mol. The van der Waals surface area contributed by atoms with E-state index in [4.69, 9.17) is 9.47 Å². The van der Waals surface area contributed by atoms with Crippen LogP contribution in [0.4, 0.5) is 0 Å². The Hall–Kier alpha value is -3.60. The zero-order chi connectivity index (χ0) is 22.3. The molecule has 3 aromatic rings. The van der Waals surface area contributed by atoms with Crippen molar-refractivity contribution < 1.29 is 19.1 Å². The lowest BCUT2D eigenvalue weighted by atomic mass is 9.87. The molecule has 5 rings (SSSR count). The van der Waals surface area contributed by atoms with E-state index in [0.29, 0.717) is 12.0 Å². The molecule has 1 heterocycles. The number of benzene rings is 3. The van der Waals surface area contributed by atoms with Crippen LogP contribution in [0.15, 0.2) is 66.7 Å². The van der Waals surface area contributed by atoms with E-state index in [9.17, 15) is 9.59 Å². The van der Waals surface area contributed by atoms with E-state index in [1.54, 1.807) is 19.0 Å². The summed E-state index contributed by atoms with van der Waals surface area (Å²) in [7, 11) is 3.49. The van der Waals surface area contributed by atoms with Crippen molar-refractivity contribution in [3.05, 3.63) is 83.4 Å². The summed E-state index contributed by atoms with van der Waals surface area (Å²) in [6.07, 6.45) is 2.16. The highest BCUT2D eigenvalue weighted by Gasteiger charge is 2.50.